The molecule has 2 aromatic carbocycles. The van der Waals surface area contributed by atoms with E-state index in [2.05, 4.69) is 21.2 Å². The number of carbonyl (C=O) groups excluding carboxylic acids is 4. The van der Waals surface area contributed by atoms with Crippen molar-refractivity contribution < 1.29 is 19.2 Å². The average molecular weight is 374 g/mol. The molecule has 1 atom stereocenters. The Balaban J connectivity index is 1.88. The number of hydrogen-bond donors (Lipinski definition) is 2. The Hall–Kier alpha value is -2.74. The number of amides is 5. The molecule has 1 unspecified atom stereocenters. The number of hydrogen-bond acceptors (Lipinski definition) is 4. The fourth-order valence-corrected chi connectivity index (χ4v) is 3.25. The minimum atomic E-state index is -1.32. The lowest BCUT2D eigenvalue weighted by molar-refractivity contribution is -0.122. The second-order valence-corrected chi connectivity index (χ2v) is 6.11. The van der Waals surface area contributed by atoms with Crippen LogP contribution in [0.5, 0.6) is 0 Å². The minimum absolute atomic E-state index is 0.221. The van der Waals surface area contributed by atoms with E-state index in [1.54, 1.807) is 24.3 Å². The molecule has 2 aliphatic heterocycles. The first-order chi connectivity index (χ1) is 11.0. The summed E-state index contributed by atoms with van der Waals surface area (Å²) < 4.78 is 0.848. The van der Waals surface area contributed by atoms with Gasteiger partial charge >= 0.3 is 6.03 Å². The first kappa shape index (κ1) is 13.9. The SMILES string of the molecule is O=C1NC(=O)C(N2C(=O)c3ccc4cc(Br)ccc4c3C2=O)N1. The molecule has 0 saturated carbocycles. The summed E-state index contributed by atoms with van der Waals surface area (Å²) in [4.78, 5) is 49.0. The van der Waals surface area contributed by atoms with Crippen LogP contribution in [-0.2, 0) is 4.79 Å². The second-order valence-electron chi connectivity index (χ2n) is 5.20. The van der Waals surface area contributed by atoms with Gasteiger partial charge in [0.2, 0.25) is 0 Å². The van der Waals surface area contributed by atoms with Crippen LogP contribution in [0.2, 0.25) is 0 Å². The maximum atomic E-state index is 12.7. The van der Waals surface area contributed by atoms with Gasteiger partial charge < -0.3 is 5.32 Å². The Kier molecular flexibility index (Phi) is 2.79. The number of carbonyl (C=O) groups is 4. The topological polar surface area (TPSA) is 95.6 Å². The summed E-state index contributed by atoms with van der Waals surface area (Å²) in [7, 11) is 0. The second kappa shape index (κ2) is 4.63. The number of benzene rings is 2. The molecule has 0 radical (unpaired) electrons. The van der Waals surface area contributed by atoms with Crippen molar-refractivity contribution in [3.63, 3.8) is 0 Å². The van der Waals surface area contributed by atoms with Gasteiger partial charge in [0.25, 0.3) is 17.7 Å². The summed E-state index contributed by atoms with van der Waals surface area (Å²) in [6.45, 7) is 0. The zero-order chi connectivity index (χ0) is 16.3. The van der Waals surface area contributed by atoms with Gasteiger partial charge in [-0.3, -0.25) is 19.7 Å². The van der Waals surface area contributed by atoms with E-state index in [4.69, 9.17) is 0 Å². The average Bonchev–Trinajstić information content (AvgIpc) is 2.96. The van der Waals surface area contributed by atoms with Gasteiger partial charge in [0, 0.05) is 4.47 Å². The van der Waals surface area contributed by atoms with Gasteiger partial charge in [-0.15, -0.1) is 0 Å². The molecule has 2 aromatic rings. The number of urea groups is 1. The minimum Gasteiger partial charge on any atom is -0.309 e. The summed E-state index contributed by atoms with van der Waals surface area (Å²) in [6, 6.07) is 7.90. The first-order valence-electron chi connectivity index (χ1n) is 6.69. The third kappa shape index (κ3) is 1.88. The van der Waals surface area contributed by atoms with Crippen LogP contribution in [0.4, 0.5) is 4.79 Å². The predicted molar refractivity (Wildman–Crippen MR) is 82.6 cm³/mol. The van der Waals surface area contributed by atoms with Crippen molar-refractivity contribution in [2.75, 3.05) is 0 Å². The molecule has 0 aliphatic carbocycles. The van der Waals surface area contributed by atoms with E-state index >= 15 is 0 Å². The van der Waals surface area contributed by atoms with E-state index in [1.165, 1.54) is 0 Å². The summed E-state index contributed by atoms with van der Waals surface area (Å²) in [5.41, 5.74) is 0.465. The zero-order valence-electron chi connectivity index (χ0n) is 11.4. The Morgan fingerprint density at radius 2 is 1.78 bits per heavy atom. The van der Waals surface area contributed by atoms with Crippen LogP contribution in [0, 0.1) is 0 Å². The molecular weight excluding hydrogens is 366 g/mol. The van der Waals surface area contributed by atoms with Crippen molar-refractivity contribution in [2.45, 2.75) is 6.17 Å². The van der Waals surface area contributed by atoms with Gasteiger partial charge in [-0.2, -0.15) is 0 Å². The number of rotatable bonds is 1. The molecule has 1 fully saturated rings. The number of halogens is 1. The number of imide groups is 2. The van der Waals surface area contributed by atoms with E-state index in [1.807, 2.05) is 11.4 Å². The Labute approximate surface area is 137 Å². The van der Waals surface area contributed by atoms with Gasteiger partial charge in [-0.1, -0.05) is 28.1 Å². The maximum absolute atomic E-state index is 12.7. The summed E-state index contributed by atoms with van der Waals surface area (Å²) in [5, 5.41) is 5.70. The van der Waals surface area contributed by atoms with Crippen molar-refractivity contribution in [3.05, 3.63) is 45.9 Å². The number of fused-ring (bicyclic) bond motifs is 3. The molecule has 2 N–H and O–H groups in total. The Morgan fingerprint density at radius 1 is 1.00 bits per heavy atom. The van der Waals surface area contributed by atoms with Crippen molar-refractivity contribution in [1.82, 2.24) is 15.5 Å². The summed E-state index contributed by atoms with van der Waals surface area (Å²) in [6.07, 6.45) is -1.32. The molecule has 2 aliphatic rings. The van der Waals surface area contributed by atoms with E-state index in [9.17, 15) is 19.2 Å². The highest BCUT2D eigenvalue weighted by Crippen LogP contribution is 2.32. The molecular formula is C15H8BrN3O4. The molecule has 1 saturated heterocycles. The monoisotopic (exact) mass is 373 g/mol. The smallest absolute Gasteiger partial charge is 0.309 e. The summed E-state index contributed by atoms with van der Waals surface area (Å²) in [5.74, 6) is -1.92. The third-order valence-corrected chi connectivity index (χ3v) is 4.37. The first-order valence-corrected chi connectivity index (χ1v) is 7.48. The molecule has 23 heavy (non-hydrogen) atoms. The normalized spacial score (nSPS) is 20.0. The van der Waals surface area contributed by atoms with Crippen molar-refractivity contribution in [3.8, 4) is 0 Å². The fraction of sp³-hybridized carbons (Fsp3) is 0.0667. The van der Waals surface area contributed by atoms with Crippen LogP contribution >= 0.6 is 15.9 Å². The van der Waals surface area contributed by atoms with Crippen LogP contribution in [0.15, 0.2) is 34.8 Å². The number of nitrogens with one attached hydrogen (secondary N) is 2. The lowest BCUT2D eigenvalue weighted by Crippen LogP contribution is -2.49. The quantitative estimate of drug-likeness (QED) is 0.582. The standard InChI is InChI=1S/C15H8BrN3O4/c16-7-2-4-8-6(5-7)1-3-9-10(8)14(22)19(13(9)21)11-12(20)18-15(23)17-11/h1-5,11H,(H2,17,18,20,23). The van der Waals surface area contributed by atoms with E-state index in [0.29, 0.717) is 5.39 Å². The van der Waals surface area contributed by atoms with E-state index < -0.39 is 29.9 Å². The van der Waals surface area contributed by atoms with Gasteiger partial charge in [-0.05, 0) is 29.0 Å². The largest absolute Gasteiger partial charge is 0.323 e. The van der Waals surface area contributed by atoms with Crippen LogP contribution in [0.25, 0.3) is 10.8 Å². The third-order valence-electron chi connectivity index (χ3n) is 3.87. The van der Waals surface area contributed by atoms with E-state index in [-0.39, 0.29) is 11.1 Å². The molecule has 0 aromatic heterocycles. The van der Waals surface area contributed by atoms with Crippen LogP contribution in [0.3, 0.4) is 0 Å². The van der Waals surface area contributed by atoms with Crippen LogP contribution in [0.1, 0.15) is 20.7 Å². The van der Waals surface area contributed by atoms with Gasteiger partial charge in [0.05, 0.1) is 11.1 Å². The zero-order valence-corrected chi connectivity index (χ0v) is 13.0. The summed E-state index contributed by atoms with van der Waals surface area (Å²) >= 11 is 3.36. The number of nitrogens with zero attached hydrogens (tertiary/aromatic N) is 1. The lowest BCUT2D eigenvalue weighted by atomic mass is 10.0. The fourth-order valence-electron chi connectivity index (χ4n) is 2.87. The molecule has 2 heterocycles. The van der Waals surface area contributed by atoms with Gasteiger partial charge in [-0.25, -0.2) is 9.69 Å². The highest BCUT2D eigenvalue weighted by Gasteiger charge is 2.47. The molecule has 7 nitrogen and oxygen atoms in total. The van der Waals surface area contributed by atoms with Gasteiger partial charge in [0.1, 0.15) is 0 Å². The van der Waals surface area contributed by atoms with Crippen molar-refractivity contribution in [1.29, 1.82) is 0 Å². The Morgan fingerprint density at radius 3 is 2.48 bits per heavy atom. The van der Waals surface area contributed by atoms with Crippen LogP contribution < -0.4 is 10.6 Å². The molecule has 4 rings (SSSR count). The molecule has 0 bridgehead atoms. The highest BCUT2D eigenvalue weighted by molar-refractivity contribution is 9.10. The van der Waals surface area contributed by atoms with Crippen molar-refractivity contribution in [2.24, 2.45) is 0 Å². The molecule has 0 spiro atoms. The lowest BCUT2D eigenvalue weighted by Gasteiger charge is -2.18. The highest BCUT2D eigenvalue weighted by atomic mass is 79.9. The molecule has 5 amide bonds. The van der Waals surface area contributed by atoms with Crippen LogP contribution in [-0.4, -0.2) is 34.8 Å². The van der Waals surface area contributed by atoms with Crippen molar-refractivity contribution >= 4 is 50.5 Å². The predicted octanol–water partition coefficient (Wildman–Crippen LogP) is 1.36. The maximum Gasteiger partial charge on any atom is 0.323 e. The van der Waals surface area contributed by atoms with E-state index in [0.717, 1.165) is 14.8 Å². The Bertz CT molecular complexity index is 940. The molecule has 114 valence electrons. The molecule has 8 heteroatoms. The van der Waals surface area contributed by atoms with Gasteiger partial charge in [0.15, 0.2) is 6.17 Å².